The number of nitrogens with zero attached hydrogens (tertiary/aromatic N) is 1. The van der Waals surface area contributed by atoms with E-state index in [2.05, 4.69) is 0 Å². The molecule has 1 saturated heterocycles. The Kier molecular flexibility index (Phi) is 3.31. The number of hydrogen-bond donors (Lipinski definition) is 0. The highest BCUT2D eigenvalue weighted by atomic mass is 32.2. The van der Waals surface area contributed by atoms with Crippen molar-refractivity contribution in [2.45, 2.75) is 31.6 Å². The number of carbonyl (C=O) groups is 3. The smallest absolute Gasteiger partial charge is 0.243 e. The molecular weight excluding hydrogens is 202 g/mol. The first kappa shape index (κ1) is 11.2. The van der Waals surface area contributed by atoms with E-state index < -0.39 is 6.04 Å². The predicted molar refractivity (Wildman–Crippen MR) is 53.9 cm³/mol. The summed E-state index contributed by atoms with van der Waals surface area (Å²) < 4.78 is 0. The van der Waals surface area contributed by atoms with Crippen LogP contribution in [0, 0.1) is 0 Å². The van der Waals surface area contributed by atoms with Crippen LogP contribution in [0.2, 0.25) is 0 Å². The molecule has 0 N–H and O–H groups in total. The molecule has 4 nitrogen and oxygen atoms in total. The maximum Gasteiger partial charge on any atom is 0.243 e. The fourth-order valence-corrected chi connectivity index (χ4v) is 2.02. The Balaban J connectivity index is 2.85. The number of carbonyl (C=O) groups excluding carboxylic acids is 3. The second-order valence-corrected chi connectivity index (χ2v) is 4.36. The van der Waals surface area contributed by atoms with Crippen molar-refractivity contribution >= 4 is 29.4 Å². The molecule has 78 valence electrons. The lowest BCUT2D eigenvalue weighted by Crippen LogP contribution is -2.42. The van der Waals surface area contributed by atoms with Crippen molar-refractivity contribution in [3.05, 3.63) is 0 Å². The summed E-state index contributed by atoms with van der Waals surface area (Å²) in [5.74, 6) is -0.629. The summed E-state index contributed by atoms with van der Waals surface area (Å²) in [4.78, 5) is 35.2. The molecule has 0 saturated carbocycles. The first-order chi connectivity index (χ1) is 6.49. The van der Waals surface area contributed by atoms with Gasteiger partial charge < -0.3 is 0 Å². The number of rotatable bonds is 3. The molecule has 0 aromatic heterocycles. The maximum atomic E-state index is 11.6. The summed E-state index contributed by atoms with van der Waals surface area (Å²) >= 11 is 1.35. The number of likely N-dealkylation sites (tertiary alicyclic amines) is 1. The molecule has 0 spiro atoms. The van der Waals surface area contributed by atoms with Gasteiger partial charge in [0.05, 0.1) is 11.3 Å². The van der Waals surface area contributed by atoms with Crippen LogP contribution >= 0.6 is 11.8 Å². The Morgan fingerprint density at radius 3 is 2.50 bits per heavy atom. The monoisotopic (exact) mass is 215 g/mol. The molecule has 1 fully saturated rings. The van der Waals surface area contributed by atoms with Gasteiger partial charge in [0.1, 0.15) is 0 Å². The molecule has 2 atom stereocenters. The molecule has 0 aromatic carbocycles. The predicted octanol–water partition coefficient (Wildman–Crippen LogP) is 0.454. The number of Topliss-reactive ketones (excluding diaryl/α,β-unsaturated/α-hetero) is 1. The highest BCUT2D eigenvalue weighted by Crippen LogP contribution is 2.24. The highest BCUT2D eigenvalue weighted by molar-refractivity contribution is 8.00. The second-order valence-electron chi connectivity index (χ2n) is 3.32. The molecule has 0 aliphatic carbocycles. The van der Waals surface area contributed by atoms with Crippen LogP contribution in [0.25, 0.3) is 0 Å². The van der Waals surface area contributed by atoms with Gasteiger partial charge in [-0.15, -0.1) is 0 Å². The van der Waals surface area contributed by atoms with Crippen molar-refractivity contribution in [3.8, 4) is 0 Å². The topological polar surface area (TPSA) is 54.5 Å². The first-order valence-corrected chi connectivity index (χ1v) is 5.67. The van der Waals surface area contributed by atoms with Gasteiger partial charge in [-0.05, 0) is 20.1 Å². The van der Waals surface area contributed by atoms with E-state index >= 15 is 0 Å². The average Bonchev–Trinajstić information content (AvgIpc) is 2.40. The van der Waals surface area contributed by atoms with Crippen LogP contribution in [0.15, 0.2) is 0 Å². The molecule has 0 radical (unpaired) electrons. The maximum absolute atomic E-state index is 11.6. The summed E-state index contributed by atoms with van der Waals surface area (Å²) in [6.07, 6.45) is 2.01. The highest BCUT2D eigenvalue weighted by Gasteiger charge is 2.41. The van der Waals surface area contributed by atoms with E-state index in [4.69, 9.17) is 0 Å². The van der Waals surface area contributed by atoms with E-state index in [0.29, 0.717) is 0 Å². The van der Waals surface area contributed by atoms with Crippen LogP contribution in [-0.4, -0.2) is 40.0 Å². The molecule has 1 aliphatic rings. The third kappa shape index (κ3) is 1.82. The molecule has 2 unspecified atom stereocenters. The molecule has 1 heterocycles. The van der Waals surface area contributed by atoms with Crippen LogP contribution in [-0.2, 0) is 14.4 Å². The lowest BCUT2D eigenvalue weighted by atomic mass is 10.2. The Morgan fingerprint density at radius 2 is 2.14 bits per heavy atom. The fraction of sp³-hybridized carbons (Fsp3) is 0.667. The van der Waals surface area contributed by atoms with Crippen LogP contribution in [0.4, 0.5) is 0 Å². The van der Waals surface area contributed by atoms with Crippen molar-refractivity contribution < 1.29 is 14.4 Å². The summed E-state index contributed by atoms with van der Waals surface area (Å²) in [5.41, 5.74) is 0. The van der Waals surface area contributed by atoms with Crippen molar-refractivity contribution in [3.63, 3.8) is 0 Å². The van der Waals surface area contributed by atoms with Crippen molar-refractivity contribution in [2.24, 2.45) is 0 Å². The molecule has 1 rings (SSSR count). The quantitative estimate of drug-likeness (QED) is 0.642. The standard InChI is InChI=1S/C9H13NO3S/c1-5(6(2)11)10-8(12)4-7(14-3)9(10)13/h5,7H,4H2,1-3H3. The fourth-order valence-electron chi connectivity index (χ4n) is 1.40. The lowest BCUT2D eigenvalue weighted by molar-refractivity contribution is -0.144. The molecule has 1 aliphatic heterocycles. The van der Waals surface area contributed by atoms with Gasteiger partial charge >= 0.3 is 0 Å². The van der Waals surface area contributed by atoms with Gasteiger partial charge in [-0.25, -0.2) is 0 Å². The molecule has 5 heteroatoms. The van der Waals surface area contributed by atoms with Gasteiger partial charge in [0, 0.05) is 6.42 Å². The van der Waals surface area contributed by atoms with Crippen LogP contribution in [0.5, 0.6) is 0 Å². The number of imide groups is 1. The number of hydrogen-bond acceptors (Lipinski definition) is 4. The Bertz CT molecular complexity index is 290. The SMILES string of the molecule is CSC1CC(=O)N(C(C)C(C)=O)C1=O. The van der Waals surface area contributed by atoms with E-state index in [1.807, 2.05) is 0 Å². The molecule has 0 bridgehead atoms. The average molecular weight is 215 g/mol. The van der Waals surface area contributed by atoms with Gasteiger partial charge in [0.2, 0.25) is 11.8 Å². The van der Waals surface area contributed by atoms with Gasteiger partial charge in [0.15, 0.2) is 5.78 Å². The normalized spacial score (nSPS) is 24.2. The van der Waals surface area contributed by atoms with Crippen LogP contribution in [0.1, 0.15) is 20.3 Å². The molecule has 0 aromatic rings. The third-order valence-electron chi connectivity index (χ3n) is 2.40. The third-order valence-corrected chi connectivity index (χ3v) is 3.34. The summed E-state index contributed by atoms with van der Waals surface area (Å²) in [5, 5.41) is -0.302. The van der Waals surface area contributed by atoms with E-state index in [-0.39, 0.29) is 29.3 Å². The van der Waals surface area contributed by atoms with Crippen molar-refractivity contribution in [2.75, 3.05) is 6.26 Å². The zero-order valence-electron chi connectivity index (χ0n) is 8.44. The van der Waals surface area contributed by atoms with Crippen LogP contribution < -0.4 is 0 Å². The molecule has 2 amide bonds. The second kappa shape index (κ2) is 4.13. The largest absolute Gasteiger partial charge is 0.298 e. The minimum Gasteiger partial charge on any atom is -0.298 e. The minimum atomic E-state index is -0.618. The van der Waals surface area contributed by atoms with E-state index in [1.165, 1.54) is 18.7 Å². The van der Waals surface area contributed by atoms with E-state index in [0.717, 1.165) is 4.90 Å². The van der Waals surface area contributed by atoms with Gasteiger partial charge in [-0.2, -0.15) is 11.8 Å². The molecule has 14 heavy (non-hydrogen) atoms. The van der Waals surface area contributed by atoms with Gasteiger partial charge in [-0.1, -0.05) is 0 Å². The van der Waals surface area contributed by atoms with Gasteiger partial charge in [-0.3, -0.25) is 19.3 Å². The summed E-state index contributed by atoms with van der Waals surface area (Å²) in [6.45, 7) is 2.97. The van der Waals surface area contributed by atoms with E-state index in [9.17, 15) is 14.4 Å². The summed E-state index contributed by atoms with van der Waals surface area (Å²) in [7, 11) is 0. The lowest BCUT2D eigenvalue weighted by Gasteiger charge is -2.20. The number of amides is 2. The number of thioether (sulfide) groups is 1. The zero-order chi connectivity index (χ0) is 10.9. The minimum absolute atomic E-state index is 0.159. The van der Waals surface area contributed by atoms with E-state index in [1.54, 1.807) is 13.2 Å². The van der Waals surface area contributed by atoms with Gasteiger partial charge in [0.25, 0.3) is 0 Å². The Morgan fingerprint density at radius 1 is 1.57 bits per heavy atom. The molecular formula is C9H13NO3S. The zero-order valence-corrected chi connectivity index (χ0v) is 9.26. The summed E-state index contributed by atoms with van der Waals surface area (Å²) in [6, 6.07) is -0.618. The first-order valence-electron chi connectivity index (χ1n) is 4.38. The Hall–Kier alpha value is -0.840. The van der Waals surface area contributed by atoms with Crippen LogP contribution in [0.3, 0.4) is 0 Å². The number of ketones is 1. The van der Waals surface area contributed by atoms with Crippen molar-refractivity contribution in [1.82, 2.24) is 4.90 Å². The van der Waals surface area contributed by atoms with Crippen molar-refractivity contribution in [1.29, 1.82) is 0 Å². The Labute approximate surface area is 87.0 Å².